The third-order valence-corrected chi connectivity index (χ3v) is 9.96. The maximum Gasteiger partial charge on any atom is 0.252 e. The number of Topliss-reactive ketones (excluding diaryl/α,β-unsaturated/α-hetero) is 1. The first-order valence-corrected chi connectivity index (χ1v) is 16.3. The fourth-order valence-corrected chi connectivity index (χ4v) is 7.34. The van der Waals surface area contributed by atoms with Crippen molar-refractivity contribution in [2.45, 2.75) is 56.2 Å². The number of nitrogens with zero attached hydrogens (tertiary/aromatic N) is 1. The van der Waals surface area contributed by atoms with Crippen molar-refractivity contribution < 1.29 is 27.5 Å². The summed E-state index contributed by atoms with van der Waals surface area (Å²) in [6.45, 7) is 6.10. The standard InChI is InChI=1S/C33H36N4O7S/c1-33(2,3)23-11-9-21(10-12-23)31(40)36-26(16-20-7-13-24(44-4)14-8-20)32(41)37-28(17-25-29(37)27(38)18-35-25)45(42,43)19-22-6-5-15-34-30(22)39/h5-15,26,28,35H,16-19H2,1-4H3,(H,34,39)(H,36,40). The Morgan fingerprint density at radius 1 is 1.04 bits per heavy atom. The first-order chi connectivity index (χ1) is 21.3. The second-order valence-corrected chi connectivity index (χ2v) is 14.4. The Kier molecular flexibility index (Phi) is 8.70. The number of amides is 2. The number of benzene rings is 2. The van der Waals surface area contributed by atoms with E-state index in [1.54, 1.807) is 36.4 Å². The molecule has 0 bridgehead atoms. The van der Waals surface area contributed by atoms with Gasteiger partial charge in [-0.2, -0.15) is 0 Å². The van der Waals surface area contributed by atoms with Crippen LogP contribution < -0.4 is 20.9 Å². The van der Waals surface area contributed by atoms with Gasteiger partial charge in [0.25, 0.3) is 17.4 Å². The summed E-state index contributed by atoms with van der Waals surface area (Å²) in [5.74, 6) is -1.74. The second kappa shape index (κ2) is 12.4. The highest BCUT2D eigenvalue weighted by Crippen LogP contribution is 2.36. The molecule has 0 spiro atoms. The second-order valence-electron chi connectivity index (χ2n) is 12.2. The topological polar surface area (TPSA) is 155 Å². The summed E-state index contributed by atoms with van der Waals surface area (Å²) >= 11 is 0. The van der Waals surface area contributed by atoms with Crippen molar-refractivity contribution in [3.05, 3.63) is 111 Å². The molecule has 2 aliphatic rings. The molecule has 3 aromatic rings. The van der Waals surface area contributed by atoms with Gasteiger partial charge in [0.05, 0.1) is 19.4 Å². The summed E-state index contributed by atoms with van der Waals surface area (Å²) in [7, 11) is -2.66. The highest BCUT2D eigenvalue weighted by atomic mass is 32.2. The molecule has 45 heavy (non-hydrogen) atoms. The number of ketones is 1. The summed E-state index contributed by atoms with van der Waals surface area (Å²) in [6, 6.07) is 15.7. The third kappa shape index (κ3) is 6.70. The van der Waals surface area contributed by atoms with E-state index in [9.17, 15) is 27.6 Å². The van der Waals surface area contributed by atoms with Gasteiger partial charge in [-0.05, 0) is 46.9 Å². The molecule has 2 unspecified atom stereocenters. The maximum absolute atomic E-state index is 14.4. The quantitative estimate of drug-likeness (QED) is 0.325. The van der Waals surface area contributed by atoms with Crippen LogP contribution in [0.1, 0.15) is 54.2 Å². The Balaban J connectivity index is 1.50. The molecule has 0 aliphatic carbocycles. The van der Waals surface area contributed by atoms with Crippen molar-refractivity contribution in [1.29, 1.82) is 0 Å². The Labute approximate surface area is 261 Å². The van der Waals surface area contributed by atoms with E-state index in [4.69, 9.17) is 4.74 Å². The smallest absolute Gasteiger partial charge is 0.252 e. The fraction of sp³-hybridized carbons (Fsp3) is 0.333. The third-order valence-electron chi connectivity index (χ3n) is 8.04. The van der Waals surface area contributed by atoms with E-state index >= 15 is 0 Å². The lowest BCUT2D eigenvalue weighted by Crippen LogP contribution is -2.53. The number of carbonyl (C=O) groups is 3. The van der Waals surface area contributed by atoms with Gasteiger partial charge in [-0.15, -0.1) is 0 Å². The van der Waals surface area contributed by atoms with Gasteiger partial charge in [0.15, 0.2) is 15.6 Å². The van der Waals surface area contributed by atoms with Gasteiger partial charge in [-0.25, -0.2) is 8.42 Å². The number of H-pyrrole nitrogens is 1. The molecule has 3 heterocycles. The highest BCUT2D eigenvalue weighted by molar-refractivity contribution is 7.91. The van der Waals surface area contributed by atoms with Crippen molar-refractivity contribution in [2.75, 3.05) is 13.7 Å². The molecule has 2 amide bonds. The molecular formula is C33H36N4O7S. The van der Waals surface area contributed by atoms with E-state index in [0.29, 0.717) is 22.6 Å². The summed E-state index contributed by atoms with van der Waals surface area (Å²) in [5, 5.41) is 4.27. The lowest BCUT2D eigenvalue weighted by Gasteiger charge is -2.31. The molecule has 11 nitrogen and oxygen atoms in total. The maximum atomic E-state index is 14.4. The summed E-state index contributed by atoms with van der Waals surface area (Å²) in [4.78, 5) is 56.7. The van der Waals surface area contributed by atoms with Crippen molar-refractivity contribution in [1.82, 2.24) is 20.5 Å². The van der Waals surface area contributed by atoms with Crippen LogP contribution in [0.4, 0.5) is 0 Å². The summed E-state index contributed by atoms with van der Waals surface area (Å²) < 4.78 is 32.8. The number of ether oxygens (including phenoxy) is 1. The van der Waals surface area contributed by atoms with Crippen LogP contribution in [-0.4, -0.2) is 61.0 Å². The SMILES string of the molecule is COc1ccc(CC(NC(=O)c2ccc(C(C)(C)C)cc2)C(=O)N2C3=C(CC2S(=O)(=O)Cc2ccc[nH]c2=O)NCC3=O)cc1. The van der Waals surface area contributed by atoms with Crippen molar-refractivity contribution in [3.8, 4) is 5.75 Å². The van der Waals surface area contributed by atoms with Crippen LogP contribution in [-0.2, 0) is 37.0 Å². The number of aromatic amines is 1. The average molecular weight is 633 g/mol. The lowest BCUT2D eigenvalue weighted by molar-refractivity contribution is -0.133. The van der Waals surface area contributed by atoms with Crippen LogP contribution >= 0.6 is 0 Å². The number of rotatable bonds is 9. The normalized spacial score (nSPS) is 17.1. The van der Waals surface area contributed by atoms with Gasteiger partial charge in [0, 0.05) is 35.9 Å². The number of sulfone groups is 1. The number of aromatic nitrogens is 1. The van der Waals surface area contributed by atoms with E-state index in [1.165, 1.54) is 25.4 Å². The summed E-state index contributed by atoms with van der Waals surface area (Å²) in [5.41, 5.74) is 1.66. The number of nitrogens with one attached hydrogen (secondary N) is 3. The average Bonchev–Trinajstić information content (AvgIpc) is 3.57. The molecule has 3 N–H and O–H groups in total. The van der Waals surface area contributed by atoms with E-state index in [0.717, 1.165) is 10.5 Å². The van der Waals surface area contributed by atoms with Crippen molar-refractivity contribution >= 4 is 27.4 Å². The van der Waals surface area contributed by atoms with Gasteiger partial charge in [0.2, 0.25) is 0 Å². The molecular weight excluding hydrogens is 596 g/mol. The Morgan fingerprint density at radius 3 is 2.36 bits per heavy atom. The molecule has 0 saturated carbocycles. The fourth-order valence-electron chi connectivity index (χ4n) is 5.53. The number of methoxy groups -OCH3 is 1. The number of pyridine rings is 1. The monoisotopic (exact) mass is 632 g/mol. The van der Waals surface area contributed by atoms with Crippen LogP contribution in [0.2, 0.25) is 0 Å². The molecule has 12 heteroatoms. The van der Waals surface area contributed by atoms with Crippen LogP contribution in [0.3, 0.4) is 0 Å². The first kappa shape index (κ1) is 31.7. The number of hydrogen-bond donors (Lipinski definition) is 3. The Morgan fingerprint density at radius 2 is 1.73 bits per heavy atom. The van der Waals surface area contributed by atoms with Crippen LogP contribution in [0.5, 0.6) is 5.75 Å². The van der Waals surface area contributed by atoms with Gasteiger partial charge < -0.3 is 20.4 Å². The number of hydrogen-bond acceptors (Lipinski definition) is 8. The lowest BCUT2D eigenvalue weighted by atomic mass is 9.86. The molecule has 2 aliphatic heterocycles. The first-order valence-electron chi connectivity index (χ1n) is 14.5. The minimum atomic E-state index is -4.19. The van der Waals surface area contributed by atoms with E-state index in [1.807, 2.05) is 12.1 Å². The molecule has 1 aromatic heterocycles. The Bertz CT molecular complexity index is 1820. The zero-order chi connectivity index (χ0) is 32.5. The Hall–Kier alpha value is -4.71. The molecule has 2 atom stereocenters. The van der Waals surface area contributed by atoms with Gasteiger partial charge in [0.1, 0.15) is 22.9 Å². The molecule has 0 saturated heterocycles. The minimum Gasteiger partial charge on any atom is -0.497 e. The van der Waals surface area contributed by atoms with Gasteiger partial charge in [-0.1, -0.05) is 51.1 Å². The molecule has 236 valence electrons. The van der Waals surface area contributed by atoms with Crippen LogP contribution in [0.25, 0.3) is 0 Å². The predicted molar refractivity (Wildman–Crippen MR) is 168 cm³/mol. The van der Waals surface area contributed by atoms with Gasteiger partial charge in [-0.3, -0.25) is 24.1 Å². The highest BCUT2D eigenvalue weighted by Gasteiger charge is 2.49. The molecule has 2 aromatic carbocycles. The predicted octanol–water partition coefficient (Wildman–Crippen LogP) is 2.58. The van der Waals surface area contributed by atoms with E-state index < -0.39 is 50.2 Å². The molecule has 0 radical (unpaired) electrons. The summed E-state index contributed by atoms with van der Waals surface area (Å²) in [6.07, 6.45) is 1.27. The van der Waals surface area contributed by atoms with Gasteiger partial charge >= 0.3 is 0 Å². The van der Waals surface area contributed by atoms with Crippen molar-refractivity contribution in [3.63, 3.8) is 0 Å². The zero-order valence-electron chi connectivity index (χ0n) is 25.5. The zero-order valence-corrected chi connectivity index (χ0v) is 26.4. The largest absolute Gasteiger partial charge is 0.497 e. The van der Waals surface area contributed by atoms with E-state index in [-0.39, 0.29) is 36.1 Å². The van der Waals surface area contributed by atoms with Crippen molar-refractivity contribution in [2.24, 2.45) is 0 Å². The van der Waals surface area contributed by atoms with E-state index in [2.05, 4.69) is 36.4 Å². The molecule has 0 fully saturated rings. The van der Waals surface area contributed by atoms with Crippen LogP contribution in [0, 0.1) is 0 Å². The van der Waals surface area contributed by atoms with Crippen LogP contribution in [0.15, 0.2) is 83.0 Å². The minimum absolute atomic E-state index is 0.0121. The molecule has 5 rings (SSSR count). The number of carbonyl (C=O) groups excluding carboxylic acids is 3.